The predicted molar refractivity (Wildman–Crippen MR) is 88.9 cm³/mol. The van der Waals surface area contributed by atoms with Crippen LogP contribution in [-0.4, -0.2) is 33.8 Å². The molecule has 3 aromatic rings. The average molecular weight is 422 g/mol. The molecule has 3 aromatic heterocycles. The van der Waals surface area contributed by atoms with Gasteiger partial charge < -0.3 is 0 Å². The molecule has 0 aliphatic carbocycles. The smallest absolute Gasteiger partial charge is 0.298 e. The minimum atomic E-state index is 0. The third-order valence-corrected chi connectivity index (χ3v) is 2.53. The van der Waals surface area contributed by atoms with Crippen LogP contribution in [0.1, 0.15) is 31.1 Å². The molecule has 0 unspecified atom stereocenters. The number of aldehydes is 3. The standard InChI is InChI=1S/3C6H5NO.Ru/c3*8-5-6-1-3-7-4-2-6;/h3*1-5H;/q;;;+3. The second-order valence-corrected chi connectivity index (χ2v) is 4.20. The molecule has 3 rings (SSSR count). The van der Waals surface area contributed by atoms with E-state index in [0.717, 1.165) is 18.9 Å². The van der Waals surface area contributed by atoms with Gasteiger partial charge in [-0.1, -0.05) is 0 Å². The second kappa shape index (κ2) is 14.7. The predicted octanol–water partition coefficient (Wildman–Crippen LogP) is 2.68. The van der Waals surface area contributed by atoms with Gasteiger partial charge in [0, 0.05) is 53.9 Å². The van der Waals surface area contributed by atoms with E-state index < -0.39 is 0 Å². The van der Waals surface area contributed by atoms with E-state index in [-0.39, 0.29) is 19.5 Å². The van der Waals surface area contributed by atoms with Crippen LogP contribution in [-0.2, 0) is 19.5 Å². The fourth-order valence-corrected chi connectivity index (χ4v) is 1.33. The van der Waals surface area contributed by atoms with Crippen molar-refractivity contribution >= 4 is 18.9 Å². The molecule has 125 valence electrons. The number of nitrogens with zero attached hydrogens (tertiary/aromatic N) is 3. The summed E-state index contributed by atoms with van der Waals surface area (Å²) in [6, 6.07) is 9.96. The Balaban J connectivity index is 0.000000339. The molecule has 0 aliphatic rings. The summed E-state index contributed by atoms with van der Waals surface area (Å²) in [6.07, 6.45) is 11.9. The van der Waals surface area contributed by atoms with Crippen LogP contribution in [0.4, 0.5) is 0 Å². The topological polar surface area (TPSA) is 89.9 Å². The number of hydrogen-bond donors (Lipinski definition) is 0. The van der Waals surface area contributed by atoms with Gasteiger partial charge in [-0.3, -0.25) is 29.3 Å². The molecule has 0 saturated heterocycles. The van der Waals surface area contributed by atoms with Crippen LogP contribution in [0.5, 0.6) is 0 Å². The second-order valence-electron chi connectivity index (χ2n) is 4.20. The Bertz CT molecular complexity index is 623. The molecule has 7 heteroatoms. The quantitative estimate of drug-likeness (QED) is 0.476. The number of rotatable bonds is 3. The summed E-state index contributed by atoms with van der Waals surface area (Å²) in [4.78, 5) is 41.1. The summed E-state index contributed by atoms with van der Waals surface area (Å²) in [5.74, 6) is 0. The van der Waals surface area contributed by atoms with Crippen LogP contribution < -0.4 is 0 Å². The normalized spacial score (nSPS) is 8.16. The fraction of sp³-hybridized carbons (Fsp3) is 0. The molecule has 0 aliphatic heterocycles. The minimum absolute atomic E-state index is 0. The molecule has 1 radical (unpaired) electrons. The molecule has 0 fully saturated rings. The van der Waals surface area contributed by atoms with E-state index in [1.54, 1.807) is 73.6 Å². The Labute approximate surface area is 158 Å². The van der Waals surface area contributed by atoms with Crippen LogP contribution in [0.25, 0.3) is 0 Å². The van der Waals surface area contributed by atoms with Crippen molar-refractivity contribution in [3.8, 4) is 0 Å². The molecular formula is C18H15N3O3Ru+3. The van der Waals surface area contributed by atoms with E-state index in [1.807, 2.05) is 0 Å². The summed E-state index contributed by atoms with van der Waals surface area (Å²) >= 11 is 0. The van der Waals surface area contributed by atoms with E-state index in [9.17, 15) is 14.4 Å². The van der Waals surface area contributed by atoms with Gasteiger partial charge in [-0.2, -0.15) is 0 Å². The summed E-state index contributed by atoms with van der Waals surface area (Å²) < 4.78 is 0. The van der Waals surface area contributed by atoms with Crippen LogP contribution >= 0.6 is 0 Å². The Hall–Kier alpha value is -2.92. The summed E-state index contributed by atoms with van der Waals surface area (Å²) in [7, 11) is 0. The molecule has 0 N–H and O–H groups in total. The molecule has 0 amide bonds. The average Bonchev–Trinajstić information content (AvgIpc) is 2.71. The van der Waals surface area contributed by atoms with Crippen molar-refractivity contribution in [2.45, 2.75) is 0 Å². The van der Waals surface area contributed by atoms with Crippen LogP contribution in [0.2, 0.25) is 0 Å². The molecule has 0 atom stereocenters. The van der Waals surface area contributed by atoms with Gasteiger partial charge in [0.05, 0.1) is 0 Å². The number of carbonyl (C=O) groups excluding carboxylic acids is 3. The van der Waals surface area contributed by atoms with Crippen molar-refractivity contribution in [1.82, 2.24) is 15.0 Å². The summed E-state index contributed by atoms with van der Waals surface area (Å²) in [6.45, 7) is 0. The maximum absolute atomic E-state index is 9.98. The van der Waals surface area contributed by atoms with Gasteiger partial charge in [-0.05, 0) is 36.4 Å². The zero-order chi connectivity index (χ0) is 17.5. The van der Waals surface area contributed by atoms with Gasteiger partial charge >= 0.3 is 19.5 Å². The van der Waals surface area contributed by atoms with Crippen molar-refractivity contribution in [2.75, 3.05) is 0 Å². The molecule has 0 spiro atoms. The third kappa shape index (κ3) is 10.5. The fourth-order valence-electron chi connectivity index (χ4n) is 1.33. The first-order chi connectivity index (χ1) is 11.8. The largest absolute Gasteiger partial charge is 3.00 e. The zero-order valence-corrected chi connectivity index (χ0v) is 14.8. The Morgan fingerprint density at radius 2 is 0.680 bits per heavy atom. The maximum Gasteiger partial charge on any atom is 3.00 e. The zero-order valence-electron chi connectivity index (χ0n) is 13.1. The Morgan fingerprint density at radius 3 is 0.800 bits per heavy atom. The van der Waals surface area contributed by atoms with Crippen molar-refractivity contribution in [2.24, 2.45) is 0 Å². The third-order valence-electron chi connectivity index (χ3n) is 2.53. The number of aromatic nitrogens is 3. The first-order valence-corrected chi connectivity index (χ1v) is 6.85. The van der Waals surface area contributed by atoms with Gasteiger partial charge in [-0.25, -0.2) is 0 Å². The van der Waals surface area contributed by atoms with Gasteiger partial charge in [-0.15, -0.1) is 0 Å². The monoisotopic (exact) mass is 423 g/mol. The van der Waals surface area contributed by atoms with Crippen molar-refractivity contribution in [3.05, 3.63) is 90.3 Å². The maximum atomic E-state index is 9.98. The van der Waals surface area contributed by atoms with E-state index in [4.69, 9.17) is 0 Å². The summed E-state index contributed by atoms with van der Waals surface area (Å²) in [5, 5.41) is 0. The van der Waals surface area contributed by atoms with E-state index in [0.29, 0.717) is 16.7 Å². The van der Waals surface area contributed by atoms with Gasteiger partial charge in [0.1, 0.15) is 18.9 Å². The van der Waals surface area contributed by atoms with E-state index in [2.05, 4.69) is 15.0 Å². The number of carbonyl (C=O) groups is 3. The summed E-state index contributed by atoms with van der Waals surface area (Å²) in [5.41, 5.74) is 2.00. The van der Waals surface area contributed by atoms with E-state index >= 15 is 0 Å². The minimum Gasteiger partial charge on any atom is -0.298 e. The molecule has 0 saturated carbocycles. The van der Waals surface area contributed by atoms with Crippen LogP contribution in [0.3, 0.4) is 0 Å². The molecule has 3 heterocycles. The SMILES string of the molecule is O=Cc1ccncc1.O=Cc1ccncc1.O=Cc1ccncc1.[Ru+3]. The van der Waals surface area contributed by atoms with Gasteiger partial charge in [0.15, 0.2) is 0 Å². The first-order valence-electron chi connectivity index (χ1n) is 6.85. The van der Waals surface area contributed by atoms with Crippen molar-refractivity contribution < 1.29 is 33.9 Å². The molecule has 0 aromatic carbocycles. The van der Waals surface area contributed by atoms with Crippen LogP contribution in [0, 0.1) is 0 Å². The van der Waals surface area contributed by atoms with Crippen molar-refractivity contribution in [1.29, 1.82) is 0 Å². The molecule has 0 bridgehead atoms. The Kier molecular flexibility index (Phi) is 13.0. The van der Waals surface area contributed by atoms with Crippen molar-refractivity contribution in [3.63, 3.8) is 0 Å². The number of hydrogen-bond acceptors (Lipinski definition) is 6. The number of pyridine rings is 3. The molecule has 6 nitrogen and oxygen atoms in total. The van der Waals surface area contributed by atoms with Gasteiger partial charge in [0.25, 0.3) is 0 Å². The van der Waals surface area contributed by atoms with E-state index in [1.165, 1.54) is 0 Å². The van der Waals surface area contributed by atoms with Crippen LogP contribution in [0.15, 0.2) is 73.6 Å². The first kappa shape index (κ1) is 22.1. The molecule has 25 heavy (non-hydrogen) atoms. The Morgan fingerprint density at radius 1 is 0.480 bits per heavy atom. The molecular weight excluding hydrogens is 407 g/mol. The van der Waals surface area contributed by atoms with Gasteiger partial charge in [0.2, 0.25) is 0 Å².